The highest BCUT2D eigenvalue weighted by molar-refractivity contribution is 5.90. The van der Waals surface area contributed by atoms with Crippen molar-refractivity contribution in [2.45, 2.75) is 33.7 Å². The monoisotopic (exact) mass is 476 g/mol. The highest BCUT2D eigenvalue weighted by Gasteiger charge is 2.15. The minimum absolute atomic E-state index is 0.276. The summed E-state index contributed by atoms with van der Waals surface area (Å²) in [5, 5.41) is 13.4. The van der Waals surface area contributed by atoms with Gasteiger partial charge in [0.2, 0.25) is 0 Å². The lowest BCUT2D eigenvalue weighted by molar-refractivity contribution is 0.0695. The van der Waals surface area contributed by atoms with Crippen LogP contribution >= 0.6 is 0 Å². The maximum Gasteiger partial charge on any atom is 0.335 e. The van der Waals surface area contributed by atoms with Crippen LogP contribution in [0.4, 0.5) is 10.2 Å². The summed E-state index contributed by atoms with van der Waals surface area (Å²) in [7, 11) is 1.58. The summed E-state index contributed by atoms with van der Waals surface area (Å²) in [5.74, 6) is 0.394. The normalized spacial score (nSPS) is 11.3. The summed E-state index contributed by atoms with van der Waals surface area (Å²) in [6, 6.07) is 12.0. The Morgan fingerprint density at radius 3 is 2.69 bits per heavy atom. The number of carbonyl (C=O) groups is 1. The molecule has 0 aliphatic heterocycles. The van der Waals surface area contributed by atoms with Crippen molar-refractivity contribution in [2.75, 3.05) is 19.0 Å². The van der Waals surface area contributed by atoms with Gasteiger partial charge in [-0.3, -0.25) is 0 Å². The van der Waals surface area contributed by atoms with Crippen LogP contribution in [0.25, 0.3) is 22.2 Å². The molecule has 0 unspecified atom stereocenters. The molecule has 7 nitrogen and oxygen atoms in total. The summed E-state index contributed by atoms with van der Waals surface area (Å²) in [6.07, 6.45) is 2.15. The van der Waals surface area contributed by atoms with Crippen LogP contribution in [-0.2, 0) is 13.0 Å². The van der Waals surface area contributed by atoms with Crippen molar-refractivity contribution in [1.29, 1.82) is 0 Å². The molecule has 8 heteroatoms. The summed E-state index contributed by atoms with van der Waals surface area (Å²) in [5.41, 5.74) is 4.31. The molecule has 4 aromatic rings. The summed E-state index contributed by atoms with van der Waals surface area (Å²) >= 11 is 0. The average molecular weight is 477 g/mol. The van der Waals surface area contributed by atoms with Crippen molar-refractivity contribution >= 4 is 22.7 Å². The number of fused-ring (bicyclic) bond motifs is 1. The van der Waals surface area contributed by atoms with E-state index in [0.29, 0.717) is 53.6 Å². The second-order valence-electron chi connectivity index (χ2n) is 8.94. The largest absolute Gasteiger partial charge is 0.495 e. The van der Waals surface area contributed by atoms with Gasteiger partial charge in [0, 0.05) is 35.8 Å². The minimum atomic E-state index is -0.929. The molecule has 0 saturated carbocycles. The van der Waals surface area contributed by atoms with Gasteiger partial charge < -0.3 is 19.7 Å². The van der Waals surface area contributed by atoms with Gasteiger partial charge in [-0.1, -0.05) is 19.9 Å². The highest BCUT2D eigenvalue weighted by Crippen LogP contribution is 2.31. The standard InChI is InChI=1S/C27H29FN4O3/c1-16(2)11-19-13-18(5-6-20(19)27(33)34)23-14-25(31-15-30-23)29-9-10-32-17(3)12-21-22(28)7-8-24(35-4)26(21)32/h5-8,12-16H,9-11H2,1-4H3,(H,33,34)(H,29,30,31). The number of aromatic nitrogens is 3. The van der Waals surface area contributed by atoms with Gasteiger partial charge in [-0.25, -0.2) is 19.2 Å². The number of nitrogens with one attached hydrogen (secondary N) is 1. The van der Waals surface area contributed by atoms with E-state index >= 15 is 0 Å². The third-order valence-electron chi connectivity index (χ3n) is 5.96. The number of hydrogen-bond acceptors (Lipinski definition) is 5. The lowest BCUT2D eigenvalue weighted by Gasteiger charge is -2.13. The summed E-state index contributed by atoms with van der Waals surface area (Å²) in [4.78, 5) is 20.3. The maximum atomic E-state index is 14.3. The number of methoxy groups -OCH3 is 1. The van der Waals surface area contributed by atoms with Gasteiger partial charge in [-0.2, -0.15) is 0 Å². The minimum Gasteiger partial charge on any atom is -0.495 e. The van der Waals surface area contributed by atoms with Gasteiger partial charge in [0.05, 0.1) is 23.9 Å². The van der Waals surface area contributed by atoms with Crippen molar-refractivity contribution in [3.8, 4) is 17.0 Å². The molecule has 0 amide bonds. The number of anilines is 1. The van der Waals surface area contributed by atoms with Crippen molar-refractivity contribution < 1.29 is 19.0 Å². The number of aryl methyl sites for hydroxylation is 1. The summed E-state index contributed by atoms with van der Waals surface area (Å²) in [6.45, 7) is 7.20. The van der Waals surface area contributed by atoms with E-state index < -0.39 is 5.97 Å². The maximum absolute atomic E-state index is 14.3. The van der Waals surface area contributed by atoms with Gasteiger partial charge in [0.1, 0.15) is 23.7 Å². The number of carboxylic acid groups (broad SMARTS) is 1. The molecule has 2 aromatic carbocycles. The fourth-order valence-electron chi connectivity index (χ4n) is 4.37. The number of hydrogen-bond donors (Lipinski definition) is 2. The van der Waals surface area contributed by atoms with Crippen LogP contribution in [0, 0.1) is 18.7 Å². The molecular weight excluding hydrogens is 447 g/mol. The fourth-order valence-corrected chi connectivity index (χ4v) is 4.37. The Bertz CT molecular complexity index is 1380. The number of halogens is 1. The SMILES string of the molecule is COc1ccc(F)c2cc(C)n(CCNc3cc(-c4ccc(C(=O)O)c(CC(C)C)c4)ncn3)c12. The van der Waals surface area contributed by atoms with E-state index in [1.807, 2.05) is 29.7 Å². The average Bonchev–Trinajstić information content (AvgIpc) is 3.16. The van der Waals surface area contributed by atoms with Gasteiger partial charge in [0.25, 0.3) is 0 Å². The molecule has 35 heavy (non-hydrogen) atoms. The van der Waals surface area contributed by atoms with E-state index in [0.717, 1.165) is 22.3 Å². The molecule has 0 fully saturated rings. The van der Waals surface area contributed by atoms with Crippen molar-refractivity contribution in [3.05, 3.63) is 71.4 Å². The van der Waals surface area contributed by atoms with Gasteiger partial charge >= 0.3 is 5.97 Å². The third kappa shape index (κ3) is 5.11. The Labute approximate surface area is 203 Å². The van der Waals surface area contributed by atoms with Gasteiger partial charge in [-0.05, 0) is 55.2 Å². The van der Waals surface area contributed by atoms with Crippen molar-refractivity contribution in [1.82, 2.24) is 14.5 Å². The molecule has 182 valence electrons. The Morgan fingerprint density at radius 1 is 1.17 bits per heavy atom. The molecule has 0 aliphatic carbocycles. The van der Waals surface area contributed by atoms with E-state index in [-0.39, 0.29) is 5.82 Å². The molecule has 0 spiro atoms. The van der Waals surface area contributed by atoms with Crippen LogP contribution in [0.15, 0.2) is 48.8 Å². The van der Waals surface area contributed by atoms with Crippen LogP contribution in [0.2, 0.25) is 0 Å². The highest BCUT2D eigenvalue weighted by atomic mass is 19.1. The Hall–Kier alpha value is -3.94. The Balaban J connectivity index is 1.54. The van der Waals surface area contributed by atoms with E-state index in [1.54, 1.807) is 25.3 Å². The first-order valence-corrected chi connectivity index (χ1v) is 11.5. The second kappa shape index (κ2) is 10.1. The van der Waals surface area contributed by atoms with Crippen LogP contribution in [0.3, 0.4) is 0 Å². The molecule has 2 aromatic heterocycles. The summed E-state index contributed by atoms with van der Waals surface area (Å²) < 4.78 is 21.8. The third-order valence-corrected chi connectivity index (χ3v) is 5.96. The second-order valence-corrected chi connectivity index (χ2v) is 8.94. The zero-order valence-electron chi connectivity index (χ0n) is 20.3. The van der Waals surface area contributed by atoms with E-state index in [1.165, 1.54) is 12.4 Å². The molecule has 2 N–H and O–H groups in total. The van der Waals surface area contributed by atoms with Gasteiger partial charge in [-0.15, -0.1) is 0 Å². The van der Waals surface area contributed by atoms with E-state index in [4.69, 9.17) is 4.74 Å². The number of benzene rings is 2. The number of aromatic carboxylic acids is 1. The first-order chi connectivity index (χ1) is 16.8. The predicted molar refractivity (Wildman–Crippen MR) is 135 cm³/mol. The topological polar surface area (TPSA) is 89.3 Å². The smallest absolute Gasteiger partial charge is 0.335 e. The number of carboxylic acids is 1. The first kappa shape index (κ1) is 24.2. The molecule has 0 saturated heterocycles. The van der Waals surface area contributed by atoms with Crippen LogP contribution in [0.1, 0.15) is 35.5 Å². The number of nitrogens with zero attached hydrogens (tertiary/aromatic N) is 3. The molecule has 2 heterocycles. The fraction of sp³-hybridized carbons (Fsp3) is 0.296. The van der Waals surface area contributed by atoms with Gasteiger partial charge in [0.15, 0.2) is 0 Å². The predicted octanol–water partition coefficient (Wildman–Crippen LogP) is 5.56. The molecule has 0 aliphatic rings. The molecular formula is C27H29FN4O3. The lowest BCUT2D eigenvalue weighted by Crippen LogP contribution is -2.12. The van der Waals surface area contributed by atoms with E-state index in [2.05, 4.69) is 29.1 Å². The van der Waals surface area contributed by atoms with Crippen molar-refractivity contribution in [3.63, 3.8) is 0 Å². The van der Waals surface area contributed by atoms with Crippen LogP contribution in [0.5, 0.6) is 5.75 Å². The number of ether oxygens (including phenoxy) is 1. The van der Waals surface area contributed by atoms with Crippen LogP contribution < -0.4 is 10.1 Å². The first-order valence-electron chi connectivity index (χ1n) is 11.5. The zero-order chi connectivity index (χ0) is 25.1. The zero-order valence-corrected chi connectivity index (χ0v) is 20.3. The molecule has 0 radical (unpaired) electrons. The Morgan fingerprint density at radius 2 is 1.97 bits per heavy atom. The Kier molecular flexibility index (Phi) is 7.00. The molecule has 4 rings (SSSR count). The quantitative estimate of drug-likeness (QED) is 0.329. The number of rotatable bonds is 9. The van der Waals surface area contributed by atoms with Crippen LogP contribution in [-0.4, -0.2) is 39.3 Å². The molecule has 0 bridgehead atoms. The van der Waals surface area contributed by atoms with Crippen molar-refractivity contribution in [2.24, 2.45) is 5.92 Å². The molecule has 0 atom stereocenters. The van der Waals surface area contributed by atoms with E-state index in [9.17, 15) is 14.3 Å². The lowest BCUT2D eigenvalue weighted by atomic mass is 9.95.